The lowest BCUT2D eigenvalue weighted by Gasteiger charge is -2.07. The molecular weight excluding hydrogens is 501 g/mol. The molecule has 0 aliphatic carbocycles. The third-order valence-corrected chi connectivity index (χ3v) is 8.36. The van der Waals surface area contributed by atoms with Gasteiger partial charge in [-0.25, -0.2) is 9.36 Å². The van der Waals surface area contributed by atoms with Gasteiger partial charge in [-0.3, -0.25) is 9.59 Å². The Labute approximate surface area is 206 Å². The number of carbonyl (C=O) groups excluding carboxylic acids is 2. The van der Waals surface area contributed by atoms with Crippen molar-refractivity contribution in [2.45, 2.75) is 35.6 Å². The zero-order valence-corrected chi connectivity index (χ0v) is 21.4. The number of aromatic nitrogens is 4. The standard InChI is InChI=1S/C20H22N6O3S4/c1-13(27)21-17-25-11-15-4-3-5-16(10-15)12-26-18(22-14(2)28)33-20(24-26)31-9-7-29-6-8-30-19(23-25)32-17/h3-5,10H,6-9,11-12H2,1-2H3. The maximum atomic E-state index is 11.6. The second-order valence-corrected chi connectivity index (χ2v) is 11.6. The Morgan fingerprint density at radius 2 is 1.36 bits per heavy atom. The highest BCUT2D eigenvalue weighted by molar-refractivity contribution is 8.01. The van der Waals surface area contributed by atoms with Crippen LogP contribution in [0.25, 0.3) is 0 Å². The van der Waals surface area contributed by atoms with E-state index in [9.17, 15) is 9.59 Å². The predicted octanol–water partition coefficient (Wildman–Crippen LogP) is 2.41. The van der Waals surface area contributed by atoms with Gasteiger partial charge in [-0.05, 0) is 11.1 Å². The van der Waals surface area contributed by atoms with E-state index in [1.54, 1.807) is 32.9 Å². The lowest BCUT2D eigenvalue weighted by molar-refractivity contribution is -0.116. The SMILES string of the molecule is CC(=O)N=c1sc2nn1Cc1cccc(c1)Cn1nc(sc1=NC(C)=O)SCCOCCS2. The van der Waals surface area contributed by atoms with E-state index in [4.69, 9.17) is 4.74 Å². The number of carbonyl (C=O) groups is 2. The lowest BCUT2D eigenvalue weighted by atomic mass is 10.1. The summed E-state index contributed by atoms with van der Waals surface area (Å²) in [6.45, 7) is 5.04. The Morgan fingerprint density at radius 3 is 1.82 bits per heavy atom. The topological polar surface area (TPSA) is 104 Å². The molecule has 13 heteroatoms. The highest BCUT2D eigenvalue weighted by Crippen LogP contribution is 2.20. The minimum Gasteiger partial charge on any atom is -0.380 e. The summed E-state index contributed by atoms with van der Waals surface area (Å²) < 4.78 is 11.0. The van der Waals surface area contributed by atoms with Crippen LogP contribution in [0.3, 0.4) is 0 Å². The van der Waals surface area contributed by atoms with Gasteiger partial charge < -0.3 is 4.74 Å². The zero-order valence-electron chi connectivity index (χ0n) is 18.1. The van der Waals surface area contributed by atoms with Crippen LogP contribution >= 0.6 is 46.2 Å². The zero-order chi connectivity index (χ0) is 23.2. The van der Waals surface area contributed by atoms with E-state index in [1.165, 1.54) is 36.5 Å². The molecule has 0 N–H and O–H groups in total. The molecule has 0 atom stereocenters. The monoisotopic (exact) mass is 522 g/mol. The van der Waals surface area contributed by atoms with Crippen molar-refractivity contribution in [2.24, 2.45) is 9.98 Å². The van der Waals surface area contributed by atoms with Gasteiger partial charge in [0.1, 0.15) is 0 Å². The lowest BCUT2D eigenvalue weighted by Crippen LogP contribution is -2.20. The number of amides is 2. The molecule has 0 saturated heterocycles. The average Bonchev–Trinajstić information content (AvgIpc) is 3.29. The first-order valence-corrected chi connectivity index (χ1v) is 13.7. The van der Waals surface area contributed by atoms with Crippen LogP contribution in [0.2, 0.25) is 0 Å². The Bertz CT molecular complexity index is 1200. The van der Waals surface area contributed by atoms with Crippen molar-refractivity contribution in [2.75, 3.05) is 24.7 Å². The minimum atomic E-state index is -0.255. The summed E-state index contributed by atoms with van der Waals surface area (Å²) in [5.74, 6) is 1.00. The van der Waals surface area contributed by atoms with Crippen molar-refractivity contribution in [1.29, 1.82) is 0 Å². The molecule has 3 heterocycles. The Kier molecular flexibility index (Phi) is 8.30. The maximum Gasteiger partial charge on any atom is 0.245 e. The van der Waals surface area contributed by atoms with Crippen molar-refractivity contribution in [3.05, 3.63) is 45.0 Å². The van der Waals surface area contributed by atoms with Crippen molar-refractivity contribution in [3.63, 3.8) is 0 Å². The number of ether oxygens (including phenoxy) is 1. The minimum absolute atomic E-state index is 0.255. The summed E-state index contributed by atoms with van der Waals surface area (Å²) in [5, 5.41) is 9.32. The smallest absolute Gasteiger partial charge is 0.245 e. The first kappa shape index (κ1) is 24.1. The molecule has 0 fully saturated rings. The number of fused-ring (bicyclic) bond motifs is 6. The molecule has 1 aromatic carbocycles. The predicted molar refractivity (Wildman–Crippen MR) is 130 cm³/mol. The number of rotatable bonds is 0. The van der Waals surface area contributed by atoms with Gasteiger partial charge in [0, 0.05) is 25.4 Å². The summed E-state index contributed by atoms with van der Waals surface area (Å²) in [6, 6.07) is 8.08. The molecule has 1 aliphatic heterocycles. The van der Waals surface area contributed by atoms with Gasteiger partial charge in [0.25, 0.3) is 0 Å². The van der Waals surface area contributed by atoms with Crippen LogP contribution in [0.4, 0.5) is 0 Å². The summed E-state index contributed by atoms with van der Waals surface area (Å²) in [6.07, 6.45) is 0. The molecule has 9 nitrogen and oxygen atoms in total. The largest absolute Gasteiger partial charge is 0.380 e. The first-order chi connectivity index (χ1) is 16.0. The van der Waals surface area contributed by atoms with Crippen LogP contribution in [0.5, 0.6) is 0 Å². The molecule has 0 radical (unpaired) electrons. The molecule has 4 rings (SSSR count). The van der Waals surface area contributed by atoms with Crippen LogP contribution in [0.15, 0.2) is 42.9 Å². The van der Waals surface area contributed by atoms with Gasteiger partial charge in [0.15, 0.2) is 8.68 Å². The summed E-state index contributed by atoms with van der Waals surface area (Å²) in [5.41, 5.74) is 2.05. The molecular formula is C20H22N6O3S4. The van der Waals surface area contributed by atoms with Crippen LogP contribution < -0.4 is 9.60 Å². The van der Waals surface area contributed by atoms with Gasteiger partial charge in [-0.1, -0.05) is 70.5 Å². The Morgan fingerprint density at radius 1 is 0.879 bits per heavy atom. The molecule has 6 bridgehead atoms. The number of benzene rings is 1. The van der Waals surface area contributed by atoms with Gasteiger partial charge in [-0.2, -0.15) is 20.2 Å². The van der Waals surface area contributed by atoms with Gasteiger partial charge in [-0.15, -0.1) is 0 Å². The highest BCUT2D eigenvalue weighted by atomic mass is 32.2. The molecule has 2 aromatic heterocycles. The van der Waals surface area contributed by atoms with Crippen LogP contribution in [0.1, 0.15) is 25.0 Å². The van der Waals surface area contributed by atoms with Crippen molar-refractivity contribution in [1.82, 2.24) is 19.6 Å². The van der Waals surface area contributed by atoms with Crippen molar-refractivity contribution >= 4 is 58.0 Å². The fourth-order valence-electron chi connectivity index (χ4n) is 2.99. The molecule has 2 amide bonds. The molecule has 3 aromatic rings. The van der Waals surface area contributed by atoms with Crippen LogP contribution in [0, 0.1) is 0 Å². The number of thioether (sulfide) groups is 2. The van der Waals surface area contributed by atoms with Gasteiger partial charge in [0.2, 0.25) is 21.4 Å². The molecule has 174 valence electrons. The molecule has 0 spiro atoms. The van der Waals surface area contributed by atoms with E-state index in [2.05, 4.69) is 26.2 Å². The number of nitrogens with zero attached hydrogens (tertiary/aromatic N) is 6. The summed E-state index contributed by atoms with van der Waals surface area (Å²) in [7, 11) is 0. The molecule has 0 saturated carbocycles. The quantitative estimate of drug-likeness (QED) is 0.447. The van der Waals surface area contributed by atoms with Crippen molar-refractivity contribution in [3.8, 4) is 0 Å². The number of hydrogen-bond donors (Lipinski definition) is 0. The van der Waals surface area contributed by atoms with E-state index < -0.39 is 0 Å². The third kappa shape index (κ3) is 6.96. The Balaban J connectivity index is 1.71. The second-order valence-electron chi connectivity index (χ2n) is 7.01. The van der Waals surface area contributed by atoms with E-state index in [-0.39, 0.29) is 11.8 Å². The fraction of sp³-hybridized carbons (Fsp3) is 0.400. The van der Waals surface area contributed by atoms with E-state index >= 15 is 0 Å². The average molecular weight is 523 g/mol. The fourth-order valence-corrected chi connectivity index (χ4v) is 6.83. The van der Waals surface area contributed by atoms with E-state index in [0.29, 0.717) is 35.9 Å². The Hall–Kier alpha value is -2.06. The molecule has 0 unspecified atom stereocenters. The van der Waals surface area contributed by atoms with Gasteiger partial charge in [0.05, 0.1) is 26.3 Å². The summed E-state index contributed by atoms with van der Waals surface area (Å²) >= 11 is 6.00. The summed E-state index contributed by atoms with van der Waals surface area (Å²) in [4.78, 5) is 32.7. The van der Waals surface area contributed by atoms with Crippen molar-refractivity contribution < 1.29 is 14.3 Å². The second kappa shape index (κ2) is 11.4. The first-order valence-electron chi connectivity index (χ1n) is 10.1. The van der Waals surface area contributed by atoms with Gasteiger partial charge >= 0.3 is 0 Å². The third-order valence-electron chi connectivity index (χ3n) is 4.27. The normalized spacial score (nSPS) is 16.3. The number of hydrogen-bond acceptors (Lipinski definition) is 9. The van der Waals surface area contributed by atoms with Crippen LogP contribution in [-0.2, 0) is 27.4 Å². The molecule has 33 heavy (non-hydrogen) atoms. The van der Waals surface area contributed by atoms with E-state index in [1.807, 2.05) is 18.2 Å². The van der Waals surface area contributed by atoms with Crippen LogP contribution in [-0.4, -0.2) is 56.1 Å². The maximum absolute atomic E-state index is 11.6. The molecule has 1 aliphatic rings. The van der Waals surface area contributed by atoms with E-state index in [0.717, 1.165) is 31.3 Å². The highest BCUT2D eigenvalue weighted by Gasteiger charge is 2.11.